The summed E-state index contributed by atoms with van der Waals surface area (Å²) in [7, 11) is 0. The van der Waals surface area contributed by atoms with E-state index >= 15 is 0 Å². The third-order valence-corrected chi connectivity index (χ3v) is 5.60. The van der Waals surface area contributed by atoms with Gasteiger partial charge in [-0.1, -0.05) is 25.3 Å². The summed E-state index contributed by atoms with van der Waals surface area (Å²) in [5, 5.41) is 8.80. The van der Waals surface area contributed by atoms with Crippen LogP contribution in [-0.2, 0) is 4.79 Å². The second kappa shape index (κ2) is 6.72. The molecule has 2 fully saturated rings. The van der Waals surface area contributed by atoms with E-state index in [4.69, 9.17) is 0 Å². The zero-order valence-electron chi connectivity index (χ0n) is 11.9. The maximum atomic E-state index is 12.5. The molecule has 0 aromatic carbocycles. The van der Waals surface area contributed by atoms with Crippen molar-refractivity contribution >= 4 is 17.2 Å². The molecule has 4 heteroatoms. The van der Waals surface area contributed by atoms with Crippen molar-refractivity contribution in [2.45, 2.75) is 57.0 Å². The van der Waals surface area contributed by atoms with Crippen LogP contribution in [0.25, 0.3) is 0 Å². The minimum atomic E-state index is 0.0209. The van der Waals surface area contributed by atoms with E-state index in [1.807, 2.05) is 0 Å². The number of piperidine rings is 1. The Morgan fingerprint density at radius 3 is 2.70 bits per heavy atom. The number of hydrogen-bond donors (Lipinski definition) is 2. The second-order valence-corrected chi connectivity index (χ2v) is 7.03. The van der Waals surface area contributed by atoms with Gasteiger partial charge in [0.25, 0.3) is 0 Å². The van der Waals surface area contributed by atoms with Crippen LogP contribution in [0.15, 0.2) is 17.5 Å². The van der Waals surface area contributed by atoms with Gasteiger partial charge in [-0.25, -0.2) is 0 Å². The molecule has 1 aliphatic heterocycles. The van der Waals surface area contributed by atoms with Gasteiger partial charge in [-0.05, 0) is 49.6 Å². The molecule has 2 heterocycles. The Morgan fingerprint density at radius 2 is 2.05 bits per heavy atom. The Balaban J connectivity index is 1.67. The van der Waals surface area contributed by atoms with Gasteiger partial charge in [-0.3, -0.25) is 4.79 Å². The molecule has 20 heavy (non-hydrogen) atoms. The van der Waals surface area contributed by atoms with E-state index in [9.17, 15) is 4.79 Å². The molecule has 1 amide bonds. The number of carbonyl (C=O) groups is 1. The van der Waals surface area contributed by atoms with Crippen molar-refractivity contribution in [3.63, 3.8) is 0 Å². The average Bonchev–Trinajstić information content (AvgIpc) is 3.19. The van der Waals surface area contributed by atoms with Crippen molar-refractivity contribution < 1.29 is 4.79 Å². The molecule has 3 nitrogen and oxygen atoms in total. The Hall–Kier alpha value is -0.870. The molecule has 1 aromatic rings. The van der Waals surface area contributed by atoms with Crippen molar-refractivity contribution in [3.8, 4) is 0 Å². The summed E-state index contributed by atoms with van der Waals surface area (Å²) in [4.78, 5) is 13.8. The number of rotatable bonds is 4. The Labute approximate surface area is 125 Å². The fourth-order valence-corrected chi connectivity index (χ4v) is 4.38. The lowest BCUT2D eigenvalue weighted by molar-refractivity contribution is -0.124. The quantitative estimate of drug-likeness (QED) is 0.894. The van der Waals surface area contributed by atoms with Crippen LogP contribution in [0.5, 0.6) is 0 Å². The number of carbonyl (C=O) groups excluding carboxylic acids is 1. The molecule has 2 N–H and O–H groups in total. The molecule has 1 unspecified atom stereocenters. The fourth-order valence-electron chi connectivity index (χ4n) is 3.51. The van der Waals surface area contributed by atoms with E-state index in [0.717, 1.165) is 19.4 Å². The van der Waals surface area contributed by atoms with Gasteiger partial charge >= 0.3 is 0 Å². The molecule has 0 spiro atoms. The molecule has 2 aliphatic rings. The Bertz CT molecular complexity index is 420. The topological polar surface area (TPSA) is 41.1 Å². The highest BCUT2D eigenvalue weighted by Crippen LogP contribution is 2.37. The van der Waals surface area contributed by atoms with Gasteiger partial charge in [0.05, 0.1) is 12.1 Å². The predicted molar refractivity (Wildman–Crippen MR) is 82.8 cm³/mol. The van der Waals surface area contributed by atoms with Crippen LogP contribution in [0.4, 0.5) is 0 Å². The monoisotopic (exact) mass is 292 g/mol. The first kappa shape index (κ1) is 14.1. The van der Waals surface area contributed by atoms with Gasteiger partial charge in [0.15, 0.2) is 0 Å². The van der Waals surface area contributed by atoms with Crippen molar-refractivity contribution in [1.29, 1.82) is 0 Å². The summed E-state index contributed by atoms with van der Waals surface area (Å²) in [6, 6.07) is 4.51. The third kappa shape index (κ3) is 3.23. The third-order valence-electron chi connectivity index (χ3n) is 4.65. The van der Waals surface area contributed by atoms with Gasteiger partial charge in [0.2, 0.25) is 5.91 Å². The van der Waals surface area contributed by atoms with Crippen LogP contribution in [0.3, 0.4) is 0 Å². The van der Waals surface area contributed by atoms with Crippen LogP contribution in [0.2, 0.25) is 0 Å². The van der Waals surface area contributed by atoms with E-state index in [2.05, 4.69) is 28.1 Å². The number of nitrogens with one attached hydrogen (secondary N) is 2. The lowest BCUT2D eigenvalue weighted by Crippen LogP contribution is -2.48. The minimum absolute atomic E-state index is 0.0209. The molecule has 3 rings (SSSR count). The fraction of sp³-hybridized carbons (Fsp3) is 0.688. The van der Waals surface area contributed by atoms with E-state index in [0.29, 0.717) is 5.92 Å². The van der Waals surface area contributed by atoms with Crippen molar-refractivity contribution in [1.82, 2.24) is 10.6 Å². The number of amides is 1. The summed E-state index contributed by atoms with van der Waals surface area (Å²) in [5.74, 6) is 0.830. The summed E-state index contributed by atoms with van der Waals surface area (Å²) < 4.78 is 0. The highest BCUT2D eigenvalue weighted by atomic mass is 32.1. The smallest absolute Gasteiger partial charge is 0.237 e. The van der Waals surface area contributed by atoms with E-state index < -0.39 is 0 Å². The number of thiophene rings is 1. The lowest BCUT2D eigenvalue weighted by Gasteiger charge is -2.28. The van der Waals surface area contributed by atoms with Crippen molar-refractivity contribution in [3.05, 3.63) is 22.4 Å². The molecular weight excluding hydrogens is 268 g/mol. The normalized spacial score (nSPS) is 25.5. The van der Waals surface area contributed by atoms with E-state index in [1.54, 1.807) is 11.3 Å². The SMILES string of the molecule is O=C(NC(c1cccs1)C1CCCC1)[C@@H]1CCCCN1. The van der Waals surface area contributed by atoms with Crippen LogP contribution < -0.4 is 10.6 Å². The first-order valence-electron chi connectivity index (χ1n) is 7.92. The zero-order valence-corrected chi connectivity index (χ0v) is 12.8. The van der Waals surface area contributed by atoms with Gasteiger partial charge in [-0.2, -0.15) is 0 Å². The van der Waals surface area contributed by atoms with Crippen molar-refractivity contribution in [2.75, 3.05) is 6.54 Å². The highest BCUT2D eigenvalue weighted by molar-refractivity contribution is 7.10. The van der Waals surface area contributed by atoms with Crippen LogP contribution >= 0.6 is 11.3 Å². The summed E-state index contributed by atoms with van der Waals surface area (Å²) in [5.41, 5.74) is 0. The molecule has 1 aromatic heterocycles. The Kier molecular flexibility index (Phi) is 4.73. The Morgan fingerprint density at radius 1 is 1.25 bits per heavy atom. The molecule has 1 aliphatic carbocycles. The largest absolute Gasteiger partial charge is 0.347 e. The van der Waals surface area contributed by atoms with Gasteiger partial charge in [0, 0.05) is 4.88 Å². The summed E-state index contributed by atoms with van der Waals surface area (Å²) >= 11 is 1.77. The van der Waals surface area contributed by atoms with Gasteiger partial charge in [-0.15, -0.1) is 11.3 Å². The maximum absolute atomic E-state index is 12.5. The average molecular weight is 292 g/mol. The van der Waals surface area contributed by atoms with Crippen LogP contribution in [0, 0.1) is 5.92 Å². The second-order valence-electron chi connectivity index (χ2n) is 6.05. The zero-order chi connectivity index (χ0) is 13.8. The molecule has 1 saturated heterocycles. The van der Waals surface area contributed by atoms with Gasteiger partial charge in [0.1, 0.15) is 0 Å². The maximum Gasteiger partial charge on any atom is 0.237 e. The van der Waals surface area contributed by atoms with Crippen molar-refractivity contribution in [2.24, 2.45) is 5.92 Å². The van der Waals surface area contributed by atoms with E-state index in [1.165, 1.54) is 37.0 Å². The molecule has 1 saturated carbocycles. The van der Waals surface area contributed by atoms with Crippen LogP contribution in [-0.4, -0.2) is 18.5 Å². The molecule has 0 bridgehead atoms. The molecule has 110 valence electrons. The predicted octanol–water partition coefficient (Wildman–Crippen LogP) is 3.24. The lowest BCUT2D eigenvalue weighted by atomic mass is 9.95. The summed E-state index contributed by atoms with van der Waals surface area (Å²) in [6.45, 7) is 0.977. The summed E-state index contributed by atoms with van der Waals surface area (Å²) in [6.07, 6.45) is 8.46. The van der Waals surface area contributed by atoms with E-state index in [-0.39, 0.29) is 18.0 Å². The first-order chi connectivity index (χ1) is 9.84. The molecule has 2 atom stereocenters. The molecule has 0 radical (unpaired) electrons. The van der Waals surface area contributed by atoms with Gasteiger partial charge < -0.3 is 10.6 Å². The first-order valence-corrected chi connectivity index (χ1v) is 8.80. The van der Waals surface area contributed by atoms with Crippen LogP contribution in [0.1, 0.15) is 55.9 Å². The number of hydrogen-bond acceptors (Lipinski definition) is 3. The highest BCUT2D eigenvalue weighted by Gasteiger charge is 2.30. The minimum Gasteiger partial charge on any atom is -0.347 e. The molecular formula is C16H24N2OS. The standard InChI is InChI=1S/C16H24N2OS/c19-16(13-8-3-4-10-17-13)18-15(12-6-1-2-7-12)14-9-5-11-20-14/h5,9,11-13,15,17H,1-4,6-8,10H2,(H,18,19)/t13-,15?/m0/s1.